The molecule has 0 fully saturated rings. The minimum Gasteiger partial charge on any atom is -0.454 e. The molecule has 1 aliphatic heterocycles. The number of fused-ring (bicyclic) bond motifs is 2. The Balaban J connectivity index is 1.57. The molecule has 0 saturated carbocycles. The van der Waals surface area contributed by atoms with Gasteiger partial charge in [-0.3, -0.25) is 9.89 Å². The Hall–Kier alpha value is -3.02. The van der Waals surface area contributed by atoms with Crippen molar-refractivity contribution in [2.45, 2.75) is 19.9 Å². The number of carbonyl (C=O) groups excluding carboxylic acids is 1. The standard InChI is InChI=1S/C18H17N3O3/c1-10-3-5-14-13(7-10)17(21-20-14)18(22)19-11(2)12-4-6-15-16(8-12)24-9-23-15/h3-8,11H,9H2,1-2H3,(H,19,22)(H,20,21). The maximum Gasteiger partial charge on any atom is 0.272 e. The SMILES string of the molecule is Cc1ccc2[nH]nc(C(=O)NC(C)c3ccc4c(c3)OCO4)c2c1. The molecule has 0 radical (unpaired) electrons. The number of aromatic amines is 1. The van der Waals surface area contributed by atoms with Gasteiger partial charge in [-0.1, -0.05) is 17.7 Å². The van der Waals surface area contributed by atoms with Crippen LogP contribution in [0, 0.1) is 6.92 Å². The van der Waals surface area contributed by atoms with Crippen LogP contribution in [0.4, 0.5) is 0 Å². The molecule has 24 heavy (non-hydrogen) atoms. The molecule has 2 heterocycles. The molecule has 4 rings (SSSR count). The molecular formula is C18H17N3O3. The van der Waals surface area contributed by atoms with Gasteiger partial charge in [-0.15, -0.1) is 0 Å². The van der Waals surface area contributed by atoms with Crippen molar-refractivity contribution in [3.63, 3.8) is 0 Å². The molecule has 0 saturated heterocycles. The second kappa shape index (κ2) is 5.56. The number of amides is 1. The number of hydrogen-bond acceptors (Lipinski definition) is 4. The van der Waals surface area contributed by atoms with Crippen LogP contribution >= 0.6 is 0 Å². The largest absolute Gasteiger partial charge is 0.454 e. The number of aromatic nitrogens is 2. The van der Waals surface area contributed by atoms with Gasteiger partial charge in [-0.2, -0.15) is 5.10 Å². The Kier molecular flexibility index (Phi) is 3.37. The van der Waals surface area contributed by atoms with Gasteiger partial charge in [0.25, 0.3) is 5.91 Å². The number of ether oxygens (including phenoxy) is 2. The maximum absolute atomic E-state index is 12.6. The van der Waals surface area contributed by atoms with Crippen LogP contribution in [0.25, 0.3) is 10.9 Å². The van der Waals surface area contributed by atoms with E-state index in [1.807, 2.05) is 50.2 Å². The lowest BCUT2D eigenvalue weighted by Gasteiger charge is -2.14. The van der Waals surface area contributed by atoms with Gasteiger partial charge in [-0.05, 0) is 43.7 Å². The predicted octanol–water partition coefficient (Wildman–Crippen LogP) is 3.09. The lowest BCUT2D eigenvalue weighted by Crippen LogP contribution is -2.27. The smallest absolute Gasteiger partial charge is 0.272 e. The Morgan fingerprint density at radius 3 is 2.92 bits per heavy atom. The average molecular weight is 323 g/mol. The van der Waals surface area contributed by atoms with Gasteiger partial charge in [0.15, 0.2) is 17.2 Å². The van der Waals surface area contributed by atoms with Crippen LogP contribution < -0.4 is 14.8 Å². The first-order chi connectivity index (χ1) is 11.6. The summed E-state index contributed by atoms with van der Waals surface area (Å²) in [7, 11) is 0. The van der Waals surface area contributed by atoms with Gasteiger partial charge in [-0.25, -0.2) is 0 Å². The number of aryl methyl sites for hydroxylation is 1. The van der Waals surface area contributed by atoms with Gasteiger partial charge in [0, 0.05) is 5.39 Å². The molecule has 1 atom stereocenters. The van der Waals surface area contributed by atoms with Gasteiger partial charge in [0.2, 0.25) is 6.79 Å². The molecule has 1 unspecified atom stereocenters. The van der Waals surface area contributed by atoms with Crippen LogP contribution in [0.2, 0.25) is 0 Å². The van der Waals surface area contributed by atoms with Crippen LogP contribution in [-0.2, 0) is 0 Å². The Bertz CT molecular complexity index is 932. The summed E-state index contributed by atoms with van der Waals surface area (Å²) in [6.45, 7) is 4.15. The normalized spacial score (nSPS) is 13.9. The summed E-state index contributed by atoms with van der Waals surface area (Å²) in [6.07, 6.45) is 0. The first kappa shape index (κ1) is 14.6. The van der Waals surface area contributed by atoms with Crippen LogP contribution in [0.5, 0.6) is 11.5 Å². The van der Waals surface area contributed by atoms with E-state index in [4.69, 9.17) is 9.47 Å². The zero-order chi connectivity index (χ0) is 16.7. The molecule has 6 nitrogen and oxygen atoms in total. The quantitative estimate of drug-likeness (QED) is 0.776. The molecule has 0 bridgehead atoms. The fraction of sp³-hybridized carbons (Fsp3) is 0.222. The Morgan fingerprint density at radius 1 is 1.21 bits per heavy atom. The van der Waals surface area contributed by atoms with E-state index >= 15 is 0 Å². The van der Waals surface area contributed by atoms with E-state index in [-0.39, 0.29) is 18.7 Å². The molecule has 0 spiro atoms. The number of nitrogens with one attached hydrogen (secondary N) is 2. The van der Waals surface area contributed by atoms with E-state index in [1.54, 1.807) is 0 Å². The first-order valence-electron chi connectivity index (χ1n) is 7.77. The second-order valence-corrected chi connectivity index (χ2v) is 5.93. The lowest BCUT2D eigenvalue weighted by molar-refractivity contribution is 0.0936. The number of hydrogen-bond donors (Lipinski definition) is 2. The summed E-state index contributed by atoms with van der Waals surface area (Å²) in [4.78, 5) is 12.6. The summed E-state index contributed by atoms with van der Waals surface area (Å²) < 4.78 is 10.7. The van der Waals surface area contributed by atoms with E-state index in [1.165, 1.54) is 0 Å². The molecule has 3 aromatic rings. The third-order valence-corrected chi connectivity index (χ3v) is 4.18. The number of rotatable bonds is 3. The van der Waals surface area contributed by atoms with Crippen molar-refractivity contribution >= 4 is 16.8 Å². The fourth-order valence-corrected chi connectivity index (χ4v) is 2.83. The molecule has 1 aliphatic rings. The molecule has 0 aliphatic carbocycles. The van der Waals surface area contributed by atoms with E-state index in [9.17, 15) is 4.79 Å². The number of benzene rings is 2. The van der Waals surface area contributed by atoms with Crippen molar-refractivity contribution in [3.05, 3.63) is 53.2 Å². The third-order valence-electron chi connectivity index (χ3n) is 4.18. The minimum absolute atomic E-state index is 0.177. The maximum atomic E-state index is 12.6. The van der Waals surface area contributed by atoms with E-state index in [0.717, 1.165) is 27.8 Å². The molecule has 1 aromatic heterocycles. The van der Waals surface area contributed by atoms with E-state index in [0.29, 0.717) is 11.4 Å². The predicted molar refractivity (Wildman–Crippen MR) is 89.3 cm³/mol. The van der Waals surface area contributed by atoms with Gasteiger partial charge >= 0.3 is 0 Å². The number of H-pyrrole nitrogens is 1. The van der Waals surface area contributed by atoms with Crippen molar-refractivity contribution in [2.24, 2.45) is 0 Å². The van der Waals surface area contributed by atoms with Gasteiger partial charge in [0.1, 0.15) is 0 Å². The van der Waals surface area contributed by atoms with Crippen LogP contribution in [0.1, 0.15) is 34.6 Å². The molecule has 122 valence electrons. The Morgan fingerprint density at radius 2 is 2.04 bits per heavy atom. The van der Waals surface area contributed by atoms with Crippen LogP contribution in [0.15, 0.2) is 36.4 Å². The highest BCUT2D eigenvalue weighted by atomic mass is 16.7. The fourth-order valence-electron chi connectivity index (χ4n) is 2.83. The van der Waals surface area contributed by atoms with Crippen LogP contribution in [0.3, 0.4) is 0 Å². The van der Waals surface area contributed by atoms with Crippen molar-refractivity contribution in [1.29, 1.82) is 0 Å². The van der Waals surface area contributed by atoms with Crippen LogP contribution in [-0.4, -0.2) is 22.9 Å². The monoisotopic (exact) mass is 323 g/mol. The molecule has 2 N–H and O–H groups in total. The third kappa shape index (κ3) is 2.46. The lowest BCUT2D eigenvalue weighted by atomic mass is 10.1. The zero-order valence-corrected chi connectivity index (χ0v) is 13.4. The summed E-state index contributed by atoms with van der Waals surface area (Å²) in [6, 6.07) is 11.4. The summed E-state index contributed by atoms with van der Waals surface area (Å²) >= 11 is 0. The number of carbonyl (C=O) groups is 1. The zero-order valence-electron chi connectivity index (χ0n) is 13.4. The molecule has 6 heteroatoms. The summed E-state index contributed by atoms with van der Waals surface area (Å²) in [5.41, 5.74) is 3.29. The van der Waals surface area contributed by atoms with Crippen molar-refractivity contribution in [3.8, 4) is 11.5 Å². The van der Waals surface area contributed by atoms with Crippen molar-refractivity contribution < 1.29 is 14.3 Å². The van der Waals surface area contributed by atoms with Gasteiger partial charge < -0.3 is 14.8 Å². The van der Waals surface area contributed by atoms with E-state index < -0.39 is 0 Å². The van der Waals surface area contributed by atoms with Gasteiger partial charge in [0.05, 0.1) is 11.6 Å². The minimum atomic E-state index is -0.211. The Labute approximate surface area is 138 Å². The number of nitrogens with zero attached hydrogens (tertiary/aromatic N) is 1. The molecule has 1 amide bonds. The highest BCUT2D eigenvalue weighted by Crippen LogP contribution is 2.34. The highest BCUT2D eigenvalue weighted by molar-refractivity contribution is 6.04. The van der Waals surface area contributed by atoms with Crippen molar-refractivity contribution in [1.82, 2.24) is 15.5 Å². The average Bonchev–Trinajstić information content (AvgIpc) is 3.19. The van der Waals surface area contributed by atoms with E-state index in [2.05, 4.69) is 15.5 Å². The highest BCUT2D eigenvalue weighted by Gasteiger charge is 2.19. The summed E-state index contributed by atoms with van der Waals surface area (Å²) in [5, 5.41) is 10.9. The van der Waals surface area contributed by atoms with Crippen molar-refractivity contribution in [2.75, 3.05) is 6.79 Å². The second-order valence-electron chi connectivity index (χ2n) is 5.93. The molecule has 2 aromatic carbocycles. The first-order valence-corrected chi connectivity index (χ1v) is 7.77. The summed E-state index contributed by atoms with van der Waals surface area (Å²) in [5.74, 6) is 1.22. The molecular weight excluding hydrogens is 306 g/mol. The topological polar surface area (TPSA) is 76.2 Å².